The summed E-state index contributed by atoms with van der Waals surface area (Å²) in [6.45, 7) is 2.35. The highest BCUT2D eigenvalue weighted by molar-refractivity contribution is 6.30. The van der Waals surface area contributed by atoms with E-state index in [0.717, 1.165) is 16.6 Å². The molecule has 3 rings (SSSR count). The van der Waals surface area contributed by atoms with Gasteiger partial charge >= 0.3 is 0 Å². The van der Waals surface area contributed by atoms with E-state index in [1.54, 1.807) is 24.3 Å². The Bertz CT molecular complexity index is 873. The quantitative estimate of drug-likeness (QED) is 0.746. The number of halogens is 1. The first-order chi connectivity index (χ1) is 11.5. The van der Waals surface area contributed by atoms with E-state index in [1.165, 1.54) is 0 Å². The number of nitrogens with one attached hydrogen (secondary N) is 1. The van der Waals surface area contributed by atoms with Gasteiger partial charge in [-0.05, 0) is 42.1 Å². The smallest absolute Gasteiger partial charge is 0.240 e. The molecular formula is C19H19ClN2O2. The highest BCUT2D eigenvalue weighted by atomic mass is 35.5. The molecule has 1 amide bonds. The van der Waals surface area contributed by atoms with Crippen LogP contribution in [0.3, 0.4) is 0 Å². The fourth-order valence-electron chi connectivity index (χ4n) is 2.80. The summed E-state index contributed by atoms with van der Waals surface area (Å²) in [6.07, 6.45) is -0.782. The molecule has 2 aromatic carbocycles. The van der Waals surface area contributed by atoms with Gasteiger partial charge in [0.2, 0.25) is 5.91 Å². The molecule has 1 aromatic heterocycles. The molecule has 3 aromatic rings. The van der Waals surface area contributed by atoms with Crippen LogP contribution >= 0.6 is 11.6 Å². The number of aromatic nitrogens is 1. The number of hydrogen-bond donors (Lipinski definition) is 2. The molecule has 2 N–H and O–H groups in total. The number of aliphatic hydroxyl groups excluding tert-OH is 1. The van der Waals surface area contributed by atoms with Gasteiger partial charge in [0.25, 0.3) is 0 Å². The summed E-state index contributed by atoms with van der Waals surface area (Å²) in [5.41, 5.74) is 2.74. The number of aliphatic hydroxyl groups is 1. The van der Waals surface area contributed by atoms with Crippen molar-refractivity contribution in [1.29, 1.82) is 0 Å². The van der Waals surface area contributed by atoms with Crippen LogP contribution in [0.4, 0.5) is 0 Å². The fraction of sp³-hybridized carbons (Fsp3) is 0.211. The summed E-state index contributed by atoms with van der Waals surface area (Å²) in [5.74, 6) is -0.138. The van der Waals surface area contributed by atoms with Gasteiger partial charge in [-0.2, -0.15) is 0 Å². The Labute approximate surface area is 145 Å². The van der Waals surface area contributed by atoms with Crippen LogP contribution in [0.25, 0.3) is 10.9 Å². The molecule has 0 radical (unpaired) electrons. The Balaban J connectivity index is 1.64. The average molecular weight is 343 g/mol. The molecule has 5 heteroatoms. The van der Waals surface area contributed by atoms with Crippen molar-refractivity contribution in [3.8, 4) is 0 Å². The Morgan fingerprint density at radius 3 is 2.79 bits per heavy atom. The predicted molar refractivity (Wildman–Crippen MR) is 96.1 cm³/mol. The zero-order valence-electron chi connectivity index (χ0n) is 13.4. The first kappa shape index (κ1) is 16.6. The number of para-hydroxylation sites is 1. The third kappa shape index (κ3) is 3.61. The van der Waals surface area contributed by atoms with E-state index < -0.39 is 6.10 Å². The van der Waals surface area contributed by atoms with Crippen molar-refractivity contribution in [3.63, 3.8) is 0 Å². The van der Waals surface area contributed by atoms with Crippen molar-refractivity contribution in [1.82, 2.24) is 9.88 Å². The SMILES string of the molecule is Cc1cc2ccccc2n1CC(=O)NC[C@H](O)c1cccc(Cl)c1. The Morgan fingerprint density at radius 2 is 2.00 bits per heavy atom. The third-order valence-corrected chi connectivity index (χ3v) is 4.28. The van der Waals surface area contributed by atoms with E-state index in [0.29, 0.717) is 10.6 Å². The number of carbonyl (C=O) groups excluding carboxylic acids is 1. The van der Waals surface area contributed by atoms with Crippen molar-refractivity contribution in [2.24, 2.45) is 0 Å². The highest BCUT2D eigenvalue weighted by Gasteiger charge is 2.12. The van der Waals surface area contributed by atoms with E-state index in [-0.39, 0.29) is 19.0 Å². The number of aryl methyl sites for hydroxylation is 1. The zero-order chi connectivity index (χ0) is 17.1. The van der Waals surface area contributed by atoms with Crippen LogP contribution in [-0.2, 0) is 11.3 Å². The van der Waals surface area contributed by atoms with E-state index in [9.17, 15) is 9.90 Å². The zero-order valence-corrected chi connectivity index (χ0v) is 14.1. The third-order valence-electron chi connectivity index (χ3n) is 4.05. The number of fused-ring (bicyclic) bond motifs is 1. The van der Waals surface area contributed by atoms with Crippen molar-refractivity contribution >= 4 is 28.4 Å². The predicted octanol–water partition coefficient (Wildman–Crippen LogP) is 3.45. The largest absolute Gasteiger partial charge is 0.387 e. The molecule has 24 heavy (non-hydrogen) atoms. The number of amides is 1. The molecule has 0 aliphatic carbocycles. The fourth-order valence-corrected chi connectivity index (χ4v) is 3.00. The summed E-state index contributed by atoms with van der Waals surface area (Å²) >= 11 is 5.92. The van der Waals surface area contributed by atoms with Gasteiger partial charge < -0.3 is 15.0 Å². The van der Waals surface area contributed by atoms with Gasteiger partial charge in [-0.1, -0.05) is 41.9 Å². The van der Waals surface area contributed by atoms with E-state index in [4.69, 9.17) is 11.6 Å². The second kappa shape index (κ2) is 7.07. The van der Waals surface area contributed by atoms with Crippen molar-refractivity contribution in [2.45, 2.75) is 19.6 Å². The maximum absolute atomic E-state index is 12.2. The lowest BCUT2D eigenvalue weighted by Gasteiger charge is -2.14. The molecule has 0 fully saturated rings. The number of carbonyl (C=O) groups is 1. The summed E-state index contributed by atoms with van der Waals surface area (Å²) in [4.78, 5) is 12.2. The van der Waals surface area contributed by atoms with Crippen LogP contribution < -0.4 is 5.32 Å². The molecule has 0 aliphatic heterocycles. The van der Waals surface area contributed by atoms with Crippen LogP contribution in [-0.4, -0.2) is 22.1 Å². The normalized spacial score (nSPS) is 12.3. The van der Waals surface area contributed by atoms with Gasteiger partial charge in [-0.3, -0.25) is 4.79 Å². The van der Waals surface area contributed by atoms with E-state index in [1.807, 2.05) is 35.8 Å². The molecule has 1 atom stereocenters. The van der Waals surface area contributed by atoms with Gasteiger partial charge in [-0.15, -0.1) is 0 Å². The maximum atomic E-state index is 12.2. The molecule has 0 saturated heterocycles. The summed E-state index contributed by atoms with van der Waals surface area (Å²) < 4.78 is 1.97. The van der Waals surface area contributed by atoms with Gasteiger partial charge in [0.15, 0.2) is 0 Å². The Hall–Kier alpha value is -2.30. The summed E-state index contributed by atoms with van der Waals surface area (Å²) in [7, 11) is 0. The summed E-state index contributed by atoms with van der Waals surface area (Å²) in [5, 5.41) is 14.6. The van der Waals surface area contributed by atoms with Gasteiger partial charge in [0.05, 0.1) is 6.10 Å². The van der Waals surface area contributed by atoms with Crippen molar-refractivity contribution in [3.05, 3.63) is 70.9 Å². The Kier molecular flexibility index (Phi) is 4.88. The first-order valence-electron chi connectivity index (χ1n) is 7.79. The molecule has 0 bridgehead atoms. The average Bonchev–Trinajstić information content (AvgIpc) is 2.88. The van der Waals surface area contributed by atoms with Gasteiger partial charge in [-0.25, -0.2) is 0 Å². The van der Waals surface area contributed by atoms with Crippen LogP contribution in [0.5, 0.6) is 0 Å². The van der Waals surface area contributed by atoms with Crippen LogP contribution in [0.1, 0.15) is 17.4 Å². The standard InChI is InChI=1S/C19H19ClN2O2/c1-13-9-14-5-2-3-8-17(14)22(13)12-19(24)21-11-18(23)15-6-4-7-16(20)10-15/h2-10,18,23H,11-12H2,1H3,(H,21,24)/t18-/m0/s1. The van der Waals surface area contributed by atoms with E-state index >= 15 is 0 Å². The molecular weight excluding hydrogens is 324 g/mol. The number of benzene rings is 2. The monoisotopic (exact) mass is 342 g/mol. The topological polar surface area (TPSA) is 54.3 Å². The highest BCUT2D eigenvalue weighted by Crippen LogP contribution is 2.19. The minimum Gasteiger partial charge on any atom is -0.387 e. The molecule has 0 spiro atoms. The molecule has 4 nitrogen and oxygen atoms in total. The number of rotatable bonds is 5. The molecule has 0 aliphatic rings. The molecule has 0 saturated carbocycles. The second-order valence-electron chi connectivity index (χ2n) is 5.81. The second-order valence-corrected chi connectivity index (χ2v) is 6.24. The Morgan fingerprint density at radius 1 is 1.21 bits per heavy atom. The lowest BCUT2D eigenvalue weighted by atomic mass is 10.1. The van der Waals surface area contributed by atoms with Crippen molar-refractivity contribution in [2.75, 3.05) is 6.54 Å². The lowest BCUT2D eigenvalue weighted by molar-refractivity contribution is -0.122. The van der Waals surface area contributed by atoms with Crippen LogP contribution in [0.2, 0.25) is 5.02 Å². The van der Waals surface area contributed by atoms with Crippen LogP contribution in [0.15, 0.2) is 54.6 Å². The lowest BCUT2D eigenvalue weighted by Crippen LogP contribution is -2.31. The van der Waals surface area contributed by atoms with Crippen molar-refractivity contribution < 1.29 is 9.90 Å². The number of hydrogen-bond acceptors (Lipinski definition) is 2. The number of nitrogens with zero attached hydrogens (tertiary/aromatic N) is 1. The van der Waals surface area contributed by atoms with Crippen LogP contribution in [0, 0.1) is 6.92 Å². The summed E-state index contributed by atoms with van der Waals surface area (Å²) in [6, 6.07) is 17.0. The van der Waals surface area contributed by atoms with Gasteiger partial charge in [0, 0.05) is 22.8 Å². The van der Waals surface area contributed by atoms with E-state index in [2.05, 4.69) is 11.4 Å². The van der Waals surface area contributed by atoms with Gasteiger partial charge in [0.1, 0.15) is 6.54 Å². The first-order valence-corrected chi connectivity index (χ1v) is 8.17. The molecule has 1 heterocycles. The molecule has 124 valence electrons. The minimum atomic E-state index is -0.782. The minimum absolute atomic E-state index is 0.138. The maximum Gasteiger partial charge on any atom is 0.240 e. The molecule has 0 unspecified atom stereocenters.